The highest BCUT2D eigenvalue weighted by Gasteiger charge is 2.26. The van der Waals surface area contributed by atoms with E-state index in [1.54, 1.807) is 11.7 Å². The van der Waals surface area contributed by atoms with E-state index in [0.29, 0.717) is 12.4 Å². The van der Waals surface area contributed by atoms with Gasteiger partial charge in [-0.05, 0) is 12.0 Å². The quantitative estimate of drug-likeness (QED) is 0.651. The molecule has 0 radical (unpaired) electrons. The summed E-state index contributed by atoms with van der Waals surface area (Å²) in [6, 6.07) is 11.1. The highest BCUT2D eigenvalue weighted by atomic mass is 35.5. The maximum atomic E-state index is 12.9. The molecule has 0 fully saturated rings. The van der Waals surface area contributed by atoms with E-state index in [-0.39, 0.29) is 23.8 Å². The number of carbonyl (C=O) groups excluding carboxylic acids is 2. The number of nitrogens with zero attached hydrogens (tertiary/aromatic N) is 3. The molecule has 1 aromatic heterocycles. The van der Waals surface area contributed by atoms with Crippen molar-refractivity contribution in [1.82, 2.24) is 14.7 Å². The van der Waals surface area contributed by atoms with Crippen LogP contribution in [0.1, 0.15) is 57.2 Å². The maximum Gasteiger partial charge on any atom is 0.245 e. The lowest BCUT2D eigenvalue weighted by molar-refractivity contribution is -0.134. The Morgan fingerprint density at radius 2 is 1.90 bits per heavy atom. The van der Waals surface area contributed by atoms with Crippen molar-refractivity contribution in [2.75, 3.05) is 18.4 Å². The summed E-state index contributed by atoms with van der Waals surface area (Å²) in [5.41, 5.74) is 1.49. The molecule has 1 aromatic carbocycles. The van der Waals surface area contributed by atoms with Crippen LogP contribution in [0, 0.1) is 0 Å². The van der Waals surface area contributed by atoms with Gasteiger partial charge in [0.25, 0.3) is 0 Å². The van der Waals surface area contributed by atoms with Crippen LogP contribution < -0.4 is 5.32 Å². The van der Waals surface area contributed by atoms with E-state index in [4.69, 9.17) is 11.6 Å². The van der Waals surface area contributed by atoms with Gasteiger partial charge >= 0.3 is 0 Å². The van der Waals surface area contributed by atoms with Gasteiger partial charge in [-0.3, -0.25) is 14.3 Å². The molecule has 1 N–H and O–H groups in total. The van der Waals surface area contributed by atoms with Crippen molar-refractivity contribution in [3.8, 4) is 0 Å². The van der Waals surface area contributed by atoms with Crippen molar-refractivity contribution in [3.05, 3.63) is 47.7 Å². The number of anilines is 1. The summed E-state index contributed by atoms with van der Waals surface area (Å²) in [6.45, 7) is 8.67. The molecule has 0 saturated carbocycles. The Balaban J connectivity index is 2.10. The van der Waals surface area contributed by atoms with Gasteiger partial charge in [-0.25, -0.2) is 0 Å². The van der Waals surface area contributed by atoms with Crippen molar-refractivity contribution in [3.63, 3.8) is 0 Å². The van der Waals surface area contributed by atoms with Crippen LogP contribution in [0.3, 0.4) is 0 Å². The zero-order valence-corrected chi connectivity index (χ0v) is 18.7. The molecule has 1 atom stereocenters. The minimum Gasteiger partial charge on any atom is -0.332 e. The van der Waals surface area contributed by atoms with E-state index < -0.39 is 5.38 Å². The number of unbranched alkanes of at least 4 members (excludes halogenated alkanes) is 1. The number of hydrogen-bond acceptors (Lipinski definition) is 3. The van der Waals surface area contributed by atoms with Gasteiger partial charge in [0.15, 0.2) is 0 Å². The minimum absolute atomic E-state index is 0.0507. The number of nitrogens with one attached hydrogen (secondary N) is 1. The molecule has 0 aliphatic heterocycles. The Kier molecular flexibility index (Phi) is 7.85. The summed E-state index contributed by atoms with van der Waals surface area (Å²) in [5.74, 6) is 0.0741. The second-order valence-corrected chi connectivity index (χ2v) is 8.66. The van der Waals surface area contributed by atoms with Crippen LogP contribution >= 0.6 is 11.6 Å². The van der Waals surface area contributed by atoms with Crippen LogP contribution in [0.5, 0.6) is 0 Å². The fraction of sp³-hybridized carbons (Fsp3) is 0.500. The molecular formula is C22H31ClN4O2. The number of benzene rings is 1. The van der Waals surface area contributed by atoms with E-state index in [1.807, 2.05) is 43.3 Å². The number of halogens is 1. The molecule has 158 valence electrons. The molecule has 2 aromatic rings. The van der Waals surface area contributed by atoms with E-state index in [2.05, 4.69) is 31.2 Å². The van der Waals surface area contributed by atoms with Gasteiger partial charge in [0.2, 0.25) is 11.8 Å². The van der Waals surface area contributed by atoms with E-state index in [9.17, 15) is 9.59 Å². The second-order valence-electron chi connectivity index (χ2n) is 8.22. The monoisotopic (exact) mass is 418 g/mol. The number of hydrogen-bond donors (Lipinski definition) is 1. The van der Waals surface area contributed by atoms with Crippen molar-refractivity contribution < 1.29 is 9.59 Å². The van der Waals surface area contributed by atoms with Gasteiger partial charge in [0.1, 0.15) is 11.2 Å². The largest absolute Gasteiger partial charge is 0.332 e. The molecule has 0 aliphatic rings. The maximum absolute atomic E-state index is 12.9. The normalized spacial score (nSPS) is 12.5. The van der Waals surface area contributed by atoms with Gasteiger partial charge in [0.05, 0.1) is 12.2 Å². The van der Waals surface area contributed by atoms with E-state index >= 15 is 0 Å². The van der Waals surface area contributed by atoms with Gasteiger partial charge in [-0.1, -0.05) is 64.4 Å². The van der Waals surface area contributed by atoms with Crippen molar-refractivity contribution >= 4 is 29.2 Å². The molecule has 0 spiro atoms. The Labute approximate surface area is 178 Å². The molecule has 0 saturated heterocycles. The molecule has 29 heavy (non-hydrogen) atoms. The first-order chi connectivity index (χ1) is 13.6. The number of aryl methyl sites for hydroxylation is 1. The first kappa shape index (κ1) is 22.9. The highest BCUT2D eigenvalue weighted by molar-refractivity contribution is 6.30. The van der Waals surface area contributed by atoms with Gasteiger partial charge in [-0.2, -0.15) is 5.10 Å². The molecule has 2 amide bonds. The summed E-state index contributed by atoms with van der Waals surface area (Å²) in [5, 5.41) is 6.52. The fourth-order valence-corrected chi connectivity index (χ4v) is 3.13. The summed E-state index contributed by atoms with van der Waals surface area (Å²) in [7, 11) is 1.79. The average Bonchev–Trinajstić information content (AvgIpc) is 3.05. The van der Waals surface area contributed by atoms with Gasteiger partial charge < -0.3 is 10.2 Å². The van der Waals surface area contributed by atoms with Crippen LogP contribution in [0.25, 0.3) is 0 Å². The average molecular weight is 419 g/mol. The van der Waals surface area contributed by atoms with E-state index in [1.165, 1.54) is 4.90 Å². The van der Waals surface area contributed by atoms with E-state index in [0.717, 1.165) is 24.1 Å². The predicted octanol–water partition coefficient (Wildman–Crippen LogP) is 4.26. The molecule has 0 aliphatic carbocycles. The first-order valence-electron chi connectivity index (χ1n) is 9.95. The van der Waals surface area contributed by atoms with Crippen LogP contribution in [0.2, 0.25) is 0 Å². The molecule has 1 unspecified atom stereocenters. The Morgan fingerprint density at radius 3 is 2.45 bits per heavy atom. The third-order valence-electron chi connectivity index (χ3n) is 4.65. The Hall–Kier alpha value is -2.34. The number of rotatable bonds is 8. The number of carbonyl (C=O) groups is 2. The topological polar surface area (TPSA) is 67.2 Å². The lowest BCUT2D eigenvalue weighted by Crippen LogP contribution is -2.40. The Morgan fingerprint density at radius 1 is 1.24 bits per heavy atom. The molecule has 2 rings (SSSR count). The Bertz CT molecular complexity index is 827. The second kappa shape index (κ2) is 9.92. The summed E-state index contributed by atoms with van der Waals surface area (Å²) < 4.78 is 1.64. The van der Waals surface area contributed by atoms with Gasteiger partial charge in [0, 0.05) is 25.1 Å². The highest BCUT2D eigenvalue weighted by Crippen LogP contribution is 2.24. The lowest BCUT2D eigenvalue weighted by atomic mass is 9.92. The van der Waals surface area contributed by atoms with Crippen LogP contribution in [-0.4, -0.2) is 39.6 Å². The van der Waals surface area contributed by atoms with Crippen LogP contribution in [0.4, 0.5) is 5.82 Å². The number of amides is 2. The van der Waals surface area contributed by atoms with Crippen molar-refractivity contribution in [1.29, 1.82) is 0 Å². The molecule has 1 heterocycles. The summed E-state index contributed by atoms with van der Waals surface area (Å²) >= 11 is 6.42. The third-order valence-corrected chi connectivity index (χ3v) is 5.09. The van der Waals surface area contributed by atoms with Crippen molar-refractivity contribution in [2.45, 2.75) is 51.3 Å². The van der Waals surface area contributed by atoms with Gasteiger partial charge in [-0.15, -0.1) is 11.6 Å². The fourth-order valence-electron chi connectivity index (χ4n) is 2.85. The van der Waals surface area contributed by atoms with Crippen LogP contribution in [0.15, 0.2) is 36.4 Å². The van der Waals surface area contributed by atoms with Crippen LogP contribution in [-0.2, 0) is 22.1 Å². The molecular weight excluding hydrogens is 388 g/mol. The number of aromatic nitrogens is 2. The SMILES string of the molecule is CCCCN(CC(=O)Nc1cc(C(C)(C)C)nn1C)C(=O)C(Cl)c1ccccc1. The summed E-state index contributed by atoms with van der Waals surface area (Å²) in [6.07, 6.45) is 1.72. The zero-order valence-electron chi connectivity index (χ0n) is 17.9. The predicted molar refractivity (Wildman–Crippen MR) is 117 cm³/mol. The van der Waals surface area contributed by atoms with Crippen molar-refractivity contribution in [2.24, 2.45) is 7.05 Å². The first-order valence-corrected chi connectivity index (χ1v) is 10.4. The smallest absolute Gasteiger partial charge is 0.245 e. The summed E-state index contributed by atoms with van der Waals surface area (Å²) in [4.78, 5) is 27.1. The molecule has 0 bridgehead atoms. The lowest BCUT2D eigenvalue weighted by Gasteiger charge is -2.24. The zero-order chi connectivity index (χ0) is 21.6. The molecule has 7 heteroatoms. The standard InChI is InChI=1S/C22H31ClN4O2/c1-6-7-13-27(21(29)20(23)16-11-9-8-10-12-16)15-19(28)24-18-14-17(22(2,3)4)25-26(18)5/h8-12,14,20H,6-7,13,15H2,1-5H3,(H,24,28). The minimum atomic E-state index is -0.815. The third kappa shape index (κ3) is 6.32. The molecule has 6 nitrogen and oxygen atoms in total. The number of alkyl halides is 1.